The smallest absolute Gasteiger partial charge is 0.0626 e. The number of hydrogen-bond acceptors (Lipinski definition) is 2. The average Bonchev–Trinajstić information content (AvgIpc) is 2.78. The van der Waals surface area contributed by atoms with Crippen LogP contribution < -0.4 is 0 Å². The normalized spacial score (nSPS) is 12.5. The highest BCUT2D eigenvalue weighted by Gasteiger charge is 2.17. The molecular formula is C31H64O2. The van der Waals surface area contributed by atoms with Crippen molar-refractivity contribution in [3.63, 3.8) is 0 Å². The molecule has 0 aromatic heterocycles. The number of ether oxygens (including phenoxy) is 2. The van der Waals surface area contributed by atoms with Gasteiger partial charge in [0.05, 0.1) is 11.2 Å². The molecule has 0 fully saturated rings. The molecule has 0 amide bonds. The average molecular weight is 469 g/mol. The summed E-state index contributed by atoms with van der Waals surface area (Å²) in [7, 11) is 0. The molecule has 33 heavy (non-hydrogen) atoms. The highest BCUT2D eigenvalue weighted by atomic mass is 16.5. The van der Waals surface area contributed by atoms with Gasteiger partial charge in [-0.25, -0.2) is 0 Å². The SMILES string of the molecule is CCCOC(C)(C)CCCCCCCCCCCCCCCCCCCC(C)(C)OCCC. The molecule has 0 aliphatic carbocycles. The Labute approximate surface area is 210 Å². The van der Waals surface area contributed by atoms with Gasteiger partial charge in [0.25, 0.3) is 0 Å². The molecule has 0 aromatic rings. The van der Waals surface area contributed by atoms with Crippen LogP contribution in [0.25, 0.3) is 0 Å². The Morgan fingerprint density at radius 2 is 0.576 bits per heavy atom. The van der Waals surface area contributed by atoms with E-state index in [2.05, 4.69) is 41.5 Å². The van der Waals surface area contributed by atoms with Crippen LogP contribution in [0.3, 0.4) is 0 Å². The van der Waals surface area contributed by atoms with Crippen molar-refractivity contribution in [3.8, 4) is 0 Å². The van der Waals surface area contributed by atoms with Crippen molar-refractivity contribution >= 4 is 0 Å². The van der Waals surface area contributed by atoms with E-state index in [0.29, 0.717) is 0 Å². The van der Waals surface area contributed by atoms with Crippen molar-refractivity contribution in [2.75, 3.05) is 13.2 Å². The highest BCUT2D eigenvalue weighted by molar-refractivity contribution is 4.69. The largest absolute Gasteiger partial charge is 0.376 e. The summed E-state index contributed by atoms with van der Waals surface area (Å²) in [6, 6.07) is 0. The summed E-state index contributed by atoms with van der Waals surface area (Å²) in [4.78, 5) is 0. The van der Waals surface area contributed by atoms with Crippen LogP contribution in [0.5, 0.6) is 0 Å². The van der Waals surface area contributed by atoms with Crippen molar-refractivity contribution in [2.45, 2.75) is 188 Å². The summed E-state index contributed by atoms with van der Waals surface area (Å²) >= 11 is 0. The molecule has 0 aliphatic rings. The van der Waals surface area contributed by atoms with Crippen molar-refractivity contribution in [1.82, 2.24) is 0 Å². The molecule has 0 N–H and O–H groups in total. The monoisotopic (exact) mass is 468 g/mol. The van der Waals surface area contributed by atoms with Crippen LogP contribution in [-0.2, 0) is 9.47 Å². The van der Waals surface area contributed by atoms with E-state index in [4.69, 9.17) is 9.47 Å². The van der Waals surface area contributed by atoms with Gasteiger partial charge in [-0.05, 0) is 53.4 Å². The van der Waals surface area contributed by atoms with E-state index in [0.717, 1.165) is 26.1 Å². The second-order valence-electron chi connectivity index (χ2n) is 11.7. The lowest BCUT2D eigenvalue weighted by molar-refractivity contribution is -0.0249. The Balaban J connectivity index is 3.23. The summed E-state index contributed by atoms with van der Waals surface area (Å²) < 4.78 is 11.9. The lowest BCUT2D eigenvalue weighted by Crippen LogP contribution is -2.24. The van der Waals surface area contributed by atoms with E-state index in [9.17, 15) is 0 Å². The van der Waals surface area contributed by atoms with Gasteiger partial charge in [0.15, 0.2) is 0 Å². The van der Waals surface area contributed by atoms with Crippen LogP contribution in [0.15, 0.2) is 0 Å². The molecule has 0 heterocycles. The van der Waals surface area contributed by atoms with Crippen LogP contribution in [0.1, 0.15) is 176 Å². The third-order valence-corrected chi connectivity index (χ3v) is 6.95. The molecule has 2 heteroatoms. The fourth-order valence-corrected chi connectivity index (χ4v) is 4.65. The minimum Gasteiger partial charge on any atom is -0.376 e. The van der Waals surface area contributed by atoms with Gasteiger partial charge in [0.1, 0.15) is 0 Å². The standard InChI is InChI=1S/C31H64O2/c1-7-28-32-30(3,4)26-24-22-20-18-16-14-12-10-9-11-13-15-17-19-21-23-25-27-31(5,6)33-29-8-2/h7-29H2,1-6H3. The fraction of sp³-hybridized carbons (Fsp3) is 1.00. The molecule has 0 saturated heterocycles. The van der Waals surface area contributed by atoms with Gasteiger partial charge in [-0.3, -0.25) is 0 Å². The Kier molecular flexibility index (Phi) is 22.3. The van der Waals surface area contributed by atoms with Crippen molar-refractivity contribution in [1.29, 1.82) is 0 Å². The number of unbranched alkanes of at least 4 members (excludes halogenated alkanes) is 16. The lowest BCUT2D eigenvalue weighted by Gasteiger charge is -2.25. The van der Waals surface area contributed by atoms with Gasteiger partial charge in [-0.2, -0.15) is 0 Å². The maximum absolute atomic E-state index is 5.93. The summed E-state index contributed by atoms with van der Waals surface area (Å²) in [6.07, 6.45) is 28.8. The summed E-state index contributed by atoms with van der Waals surface area (Å²) in [5.41, 5.74) is 0.160. The summed E-state index contributed by atoms with van der Waals surface area (Å²) in [5, 5.41) is 0. The van der Waals surface area contributed by atoms with E-state index < -0.39 is 0 Å². The zero-order chi connectivity index (χ0) is 24.7. The molecule has 0 aromatic carbocycles. The fourth-order valence-electron chi connectivity index (χ4n) is 4.65. The van der Waals surface area contributed by atoms with E-state index in [-0.39, 0.29) is 11.2 Å². The molecule has 2 nitrogen and oxygen atoms in total. The Morgan fingerprint density at radius 3 is 0.788 bits per heavy atom. The second-order valence-corrected chi connectivity index (χ2v) is 11.7. The molecule has 0 aliphatic heterocycles. The molecule has 0 spiro atoms. The summed E-state index contributed by atoms with van der Waals surface area (Å²) in [5.74, 6) is 0. The quantitative estimate of drug-likeness (QED) is 0.117. The molecule has 0 rings (SSSR count). The number of rotatable bonds is 26. The molecule has 0 unspecified atom stereocenters. The first-order valence-corrected chi connectivity index (χ1v) is 15.1. The van der Waals surface area contributed by atoms with Crippen LogP contribution >= 0.6 is 0 Å². The minimum absolute atomic E-state index is 0.0802. The topological polar surface area (TPSA) is 18.5 Å². The third kappa shape index (κ3) is 24.8. The van der Waals surface area contributed by atoms with Crippen LogP contribution in [0.2, 0.25) is 0 Å². The van der Waals surface area contributed by atoms with Crippen LogP contribution in [-0.4, -0.2) is 24.4 Å². The maximum Gasteiger partial charge on any atom is 0.0626 e. The molecule has 0 bridgehead atoms. The van der Waals surface area contributed by atoms with Crippen molar-refractivity contribution in [3.05, 3.63) is 0 Å². The first kappa shape index (κ1) is 32.9. The van der Waals surface area contributed by atoms with Gasteiger partial charge in [-0.1, -0.05) is 123 Å². The van der Waals surface area contributed by atoms with Gasteiger partial charge >= 0.3 is 0 Å². The molecule has 200 valence electrons. The molecular weight excluding hydrogens is 404 g/mol. The summed E-state index contributed by atoms with van der Waals surface area (Å²) in [6.45, 7) is 15.2. The van der Waals surface area contributed by atoms with E-state index in [1.807, 2.05) is 0 Å². The Bertz CT molecular complexity index is 352. The maximum atomic E-state index is 5.93. The van der Waals surface area contributed by atoms with Crippen LogP contribution in [0, 0.1) is 0 Å². The van der Waals surface area contributed by atoms with E-state index in [1.54, 1.807) is 0 Å². The van der Waals surface area contributed by atoms with Gasteiger partial charge < -0.3 is 9.47 Å². The predicted molar refractivity (Wildman–Crippen MR) is 148 cm³/mol. The molecule has 0 atom stereocenters. The zero-order valence-corrected chi connectivity index (χ0v) is 24.1. The zero-order valence-electron chi connectivity index (χ0n) is 24.1. The van der Waals surface area contributed by atoms with Crippen molar-refractivity contribution in [2.24, 2.45) is 0 Å². The van der Waals surface area contributed by atoms with Gasteiger partial charge in [0, 0.05) is 13.2 Å². The minimum atomic E-state index is 0.0802. The predicted octanol–water partition coefficient (Wildman–Crippen LogP) is 10.8. The van der Waals surface area contributed by atoms with Gasteiger partial charge in [-0.15, -0.1) is 0 Å². The van der Waals surface area contributed by atoms with Gasteiger partial charge in [0.2, 0.25) is 0 Å². The van der Waals surface area contributed by atoms with E-state index >= 15 is 0 Å². The molecule has 0 saturated carbocycles. The third-order valence-electron chi connectivity index (χ3n) is 6.95. The molecule has 0 radical (unpaired) electrons. The first-order chi connectivity index (χ1) is 15.8. The highest BCUT2D eigenvalue weighted by Crippen LogP contribution is 2.21. The Morgan fingerprint density at radius 1 is 0.364 bits per heavy atom. The van der Waals surface area contributed by atoms with E-state index in [1.165, 1.54) is 122 Å². The number of hydrogen-bond donors (Lipinski definition) is 0. The second kappa shape index (κ2) is 22.4. The lowest BCUT2D eigenvalue weighted by atomic mass is 9.98. The first-order valence-electron chi connectivity index (χ1n) is 15.1. The Hall–Kier alpha value is -0.0800. The van der Waals surface area contributed by atoms with Crippen molar-refractivity contribution < 1.29 is 9.47 Å². The van der Waals surface area contributed by atoms with Crippen LogP contribution in [0.4, 0.5) is 0 Å².